The molecule has 2 aromatic carbocycles. The molecule has 1 saturated carbocycles. The van der Waals surface area contributed by atoms with Gasteiger partial charge in [-0.1, -0.05) is 104 Å². The number of fused-ring (bicyclic) bond motifs is 2. The Bertz CT molecular complexity index is 2990. The van der Waals surface area contributed by atoms with Gasteiger partial charge in [-0.3, -0.25) is 53.0 Å². The molecule has 0 unspecified atom stereocenters. The van der Waals surface area contributed by atoms with Crippen LogP contribution in [-0.2, 0) is 75.1 Å². The van der Waals surface area contributed by atoms with Crippen LogP contribution in [0.25, 0.3) is 0 Å². The minimum absolute atomic E-state index is 0.0581. The number of benzene rings is 2. The van der Waals surface area contributed by atoms with Crippen molar-refractivity contribution >= 4 is 71.0 Å². The Labute approximate surface area is 565 Å². The molecule has 0 radical (unpaired) electrons. The smallest absolute Gasteiger partial charge is 0.411 e. The van der Waals surface area contributed by atoms with Crippen molar-refractivity contribution in [2.75, 3.05) is 59.9 Å². The lowest BCUT2D eigenvalue weighted by Gasteiger charge is -2.41. The SMILES string of the molecule is CC[C@H](C)[C@@H]([C@H](CC(=O)N1CCC[C@H]1[C@H](OC)[C@@H](C)C(=O)N[C@H](COC)Cc1ccccc1)OC)N(C)C(=O)[C@@H](NC(=O)[C@@H]1[C@H]2CC[C@H](C2)N1C(=O)OCc1ccc(NC(=O)[C@H](CCCNC(N)=O)NC(=O)[C@@H](NC(=O)CCCCCN2C(=O)C=CC2=O)C(C)C)cc1)C(C)C. The number of nitrogens with one attached hydrogen (secondary N) is 6. The number of ether oxygens (including phenoxy) is 4. The molecule has 0 spiro atoms. The summed E-state index contributed by atoms with van der Waals surface area (Å²) in [7, 11) is 6.35. The number of likely N-dealkylation sites (N-methyl/N-ethyl adjacent to an activating group) is 1. The van der Waals surface area contributed by atoms with Gasteiger partial charge in [0.1, 0.15) is 30.8 Å². The first kappa shape index (κ1) is 77.0. The number of anilines is 1. The number of piperidine rings is 1. The molecular weight excluding hydrogens is 1230 g/mol. The summed E-state index contributed by atoms with van der Waals surface area (Å²) in [6, 6.07) is 10.1. The van der Waals surface area contributed by atoms with Gasteiger partial charge in [0.15, 0.2) is 0 Å². The number of carbonyl (C=O) groups excluding carboxylic acids is 11. The molecule has 26 nitrogen and oxygen atoms in total. The molecule has 2 saturated heterocycles. The molecule has 13 atom stereocenters. The lowest BCUT2D eigenvalue weighted by molar-refractivity contribution is -0.148. The number of amides is 12. The Morgan fingerprint density at radius 2 is 1.43 bits per heavy atom. The van der Waals surface area contributed by atoms with E-state index in [2.05, 4.69) is 31.9 Å². The van der Waals surface area contributed by atoms with E-state index >= 15 is 0 Å². The topological polar surface area (TPSA) is 336 Å². The summed E-state index contributed by atoms with van der Waals surface area (Å²) < 4.78 is 23.5. The molecular formula is C70H105N11O15. The summed E-state index contributed by atoms with van der Waals surface area (Å²) in [6.45, 7) is 14.0. The fraction of sp³-hybridized carbons (Fsp3) is 0.643. The summed E-state index contributed by atoms with van der Waals surface area (Å²) >= 11 is 0. The first-order valence-electron chi connectivity index (χ1n) is 34.1. The molecule has 8 N–H and O–H groups in total. The van der Waals surface area contributed by atoms with Crippen molar-refractivity contribution in [1.82, 2.24) is 46.2 Å². The van der Waals surface area contributed by atoms with Crippen LogP contribution >= 0.6 is 0 Å². The van der Waals surface area contributed by atoms with Crippen LogP contribution in [-0.4, -0.2) is 200 Å². The van der Waals surface area contributed by atoms with Crippen LogP contribution in [0.3, 0.4) is 0 Å². The molecule has 96 heavy (non-hydrogen) atoms. The molecule has 530 valence electrons. The number of hydrogen-bond acceptors (Lipinski definition) is 15. The number of imide groups is 1. The number of primary amides is 1. The molecule has 0 aromatic heterocycles. The highest BCUT2D eigenvalue weighted by molar-refractivity contribution is 6.12. The fourth-order valence-electron chi connectivity index (χ4n) is 13.8. The number of nitrogens with two attached hydrogens (primary N) is 1. The highest BCUT2D eigenvalue weighted by Gasteiger charge is 2.53. The van der Waals surface area contributed by atoms with E-state index in [1.807, 2.05) is 65.0 Å². The van der Waals surface area contributed by atoms with Gasteiger partial charge in [-0.15, -0.1) is 0 Å². The Morgan fingerprint density at radius 1 is 0.740 bits per heavy atom. The zero-order valence-corrected chi connectivity index (χ0v) is 57.9. The van der Waals surface area contributed by atoms with Crippen LogP contribution in [0.2, 0.25) is 0 Å². The van der Waals surface area contributed by atoms with E-state index in [9.17, 15) is 52.7 Å². The van der Waals surface area contributed by atoms with Gasteiger partial charge < -0.3 is 66.4 Å². The number of hydrogen-bond donors (Lipinski definition) is 7. The fourth-order valence-corrected chi connectivity index (χ4v) is 13.8. The second kappa shape index (κ2) is 37.5. The summed E-state index contributed by atoms with van der Waals surface area (Å²) in [6.07, 6.45) is 6.83. The second-order valence-electron chi connectivity index (χ2n) is 26.7. The number of unbranched alkanes of at least 4 members (excludes halogenated alkanes) is 2. The molecule has 4 aliphatic rings. The third-order valence-corrected chi connectivity index (χ3v) is 19.2. The van der Waals surface area contributed by atoms with Crippen molar-refractivity contribution < 1.29 is 71.7 Å². The van der Waals surface area contributed by atoms with Gasteiger partial charge in [-0.2, -0.15) is 0 Å². The summed E-state index contributed by atoms with van der Waals surface area (Å²) in [5, 5.41) is 17.0. The van der Waals surface area contributed by atoms with Gasteiger partial charge in [0, 0.05) is 78.3 Å². The number of urea groups is 1. The zero-order chi connectivity index (χ0) is 70.3. The highest BCUT2D eigenvalue weighted by atomic mass is 16.6. The van der Waals surface area contributed by atoms with E-state index in [-0.39, 0.29) is 117 Å². The standard InChI is InChI=1S/C70H105N11O15/c1-12-44(6)61(54(94-10)39-58(85)79-36-20-24-53(79)63(95-11)45(7)64(86)74-50(41-93-9)37-46-21-15-13-16-22-46)78(8)68(90)60(43(4)5)77-67(89)62-48-28-31-51(38-48)81(62)70(92)96-40-47-26-29-49(30-27-47)73-65(87)52(23-19-34-72-69(71)91)75-66(88)59(42(2)3)76-55(82)25-17-14-18-35-80-56(83)32-33-57(80)84/h13,15-16,21-22,26-27,29-30,32-33,42-45,48,50-54,59-63H,12,14,17-20,23-25,28,31,34-41H2,1-11H3,(H,73,87)(H,74,86)(H,75,88)(H,76,82)(H,77,89)(H3,71,72,91)/t44-,45+,48-,50-,51+,52-,53-,54-,59-,60-,61-,62-,63+/m0/s1. The molecule has 3 heterocycles. The number of likely N-dealkylation sites (tertiary alicyclic amines) is 2. The van der Waals surface area contributed by atoms with Crippen molar-refractivity contribution in [1.29, 1.82) is 0 Å². The second-order valence-corrected chi connectivity index (χ2v) is 26.7. The Balaban J connectivity index is 1.04. The van der Waals surface area contributed by atoms with E-state index in [1.54, 1.807) is 69.2 Å². The Kier molecular flexibility index (Phi) is 30.1. The Hall–Kier alpha value is -7.97. The van der Waals surface area contributed by atoms with Crippen molar-refractivity contribution in [3.05, 3.63) is 77.9 Å². The highest BCUT2D eigenvalue weighted by Crippen LogP contribution is 2.43. The van der Waals surface area contributed by atoms with E-state index in [0.717, 1.165) is 10.5 Å². The molecule has 1 aliphatic carbocycles. The van der Waals surface area contributed by atoms with Crippen LogP contribution in [0.5, 0.6) is 0 Å². The molecule has 12 amide bonds. The van der Waals surface area contributed by atoms with Gasteiger partial charge >= 0.3 is 12.1 Å². The predicted octanol–water partition coefficient (Wildman–Crippen LogP) is 5.11. The lowest BCUT2D eigenvalue weighted by atomic mass is 9.89. The zero-order valence-electron chi connectivity index (χ0n) is 57.9. The van der Waals surface area contributed by atoms with Crippen LogP contribution < -0.4 is 37.6 Å². The molecule has 3 fully saturated rings. The maximum Gasteiger partial charge on any atom is 0.411 e. The molecule has 26 heteroatoms. The lowest BCUT2D eigenvalue weighted by Crippen LogP contribution is -2.60. The van der Waals surface area contributed by atoms with Crippen LogP contribution in [0.4, 0.5) is 15.3 Å². The molecule has 2 bridgehead atoms. The van der Waals surface area contributed by atoms with Gasteiger partial charge in [-0.05, 0) is 111 Å². The first-order valence-corrected chi connectivity index (χ1v) is 34.1. The van der Waals surface area contributed by atoms with Crippen molar-refractivity contribution in [2.24, 2.45) is 35.3 Å². The van der Waals surface area contributed by atoms with E-state index in [0.29, 0.717) is 88.6 Å². The molecule has 6 rings (SSSR count). The normalized spacial score (nSPS) is 20.2. The predicted molar refractivity (Wildman–Crippen MR) is 359 cm³/mol. The number of carbonyl (C=O) groups is 11. The van der Waals surface area contributed by atoms with Crippen LogP contribution in [0, 0.1) is 29.6 Å². The van der Waals surface area contributed by atoms with E-state index < -0.39 is 84.2 Å². The Morgan fingerprint density at radius 3 is 2.05 bits per heavy atom. The van der Waals surface area contributed by atoms with Crippen molar-refractivity contribution in [2.45, 2.75) is 206 Å². The van der Waals surface area contributed by atoms with Gasteiger partial charge in [-0.25, -0.2) is 9.59 Å². The minimum Gasteiger partial charge on any atom is -0.445 e. The van der Waals surface area contributed by atoms with Gasteiger partial charge in [0.05, 0.1) is 49.3 Å². The van der Waals surface area contributed by atoms with E-state index in [1.165, 1.54) is 24.2 Å². The minimum atomic E-state index is -1.10. The monoisotopic (exact) mass is 1340 g/mol. The quantitative estimate of drug-likeness (QED) is 0.0339. The maximum atomic E-state index is 14.9. The molecule has 2 aromatic rings. The van der Waals surface area contributed by atoms with Crippen molar-refractivity contribution in [3.63, 3.8) is 0 Å². The third kappa shape index (κ3) is 21.3. The maximum absolute atomic E-state index is 14.9. The van der Waals surface area contributed by atoms with Gasteiger partial charge in [0.25, 0.3) is 11.8 Å². The van der Waals surface area contributed by atoms with Crippen molar-refractivity contribution in [3.8, 4) is 0 Å². The third-order valence-electron chi connectivity index (χ3n) is 19.2. The number of rotatable bonds is 38. The number of methoxy groups -OCH3 is 3. The summed E-state index contributed by atoms with van der Waals surface area (Å²) in [5.74, 6) is -5.23. The van der Waals surface area contributed by atoms with Crippen LogP contribution in [0.15, 0.2) is 66.7 Å². The van der Waals surface area contributed by atoms with Crippen LogP contribution in [0.1, 0.15) is 143 Å². The average Bonchev–Trinajstić information content (AvgIpc) is 1.60. The summed E-state index contributed by atoms with van der Waals surface area (Å²) in [5.41, 5.74) is 7.24. The summed E-state index contributed by atoms with van der Waals surface area (Å²) in [4.78, 5) is 154. The van der Waals surface area contributed by atoms with Gasteiger partial charge in [0.2, 0.25) is 41.4 Å². The number of nitrogens with zero attached hydrogens (tertiary/aromatic N) is 4. The largest absolute Gasteiger partial charge is 0.445 e. The first-order chi connectivity index (χ1) is 45.8. The molecule has 3 aliphatic heterocycles. The van der Waals surface area contributed by atoms with E-state index in [4.69, 9.17) is 24.7 Å². The average molecular weight is 1340 g/mol.